The Morgan fingerprint density at radius 2 is 2.33 bits per heavy atom. The topological polar surface area (TPSA) is 50.4 Å². The Labute approximate surface area is 101 Å². The molecule has 1 rings (SSSR count). The Hall–Kier alpha value is -0.300. The molecule has 0 aromatic carbocycles. The van der Waals surface area contributed by atoms with Crippen LogP contribution < -0.4 is 0 Å². The van der Waals surface area contributed by atoms with Crippen LogP contribution in [0.3, 0.4) is 0 Å². The lowest BCUT2D eigenvalue weighted by atomic mass is 10.5. The van der Waals surface area contributed by atoms with Gasteiger partial charge >= 0.3 is 5.12 Å². The van der Waals surface area contributed by atoms with Gasteiger partial charge in [0.1, 0.15) is 6.54 Å². The summed E-state index contributed by atoms with van der Waals surface area (Å²) in [7, 11) is 3.71. The van der Waals surface area contributed by atoms with E-state index in [1.807, 2.05) is 14.1 Å². The number of nitrogens with zero attached hydrogens (tertiary/aromatic N) is 1. The summed E-state index contributed by atoms with van der Waals surface area (Å²) in [5.41, 5.74) is 0. The fourth-order valence-corrected chi connectivity index (χ4v) is 2.37. The molecule has 0 aliphatic rings. The Kier molecular flexibility index (Phi) is 4.39. The molecule has 1 N–H and O–H groups in total. The second kappa shape index (κ2) is 5.16. The van der Waals surface area contributed by atoms with E-state index in [1.54, 1.807) is 6.07 Å². The number of carbonyl (C=O) groups is 1. The highest BCUT2D eigenvalue weighted by atomic mass is 79.9. The molecule has 4 nitrogen and oxygen atoms in total. The van der Waals surface area contributed by atoms with Gasteiger partial charge in [0.2, 0.25) is 0 Å². The number of hydrogen-bond acceptors (Lipinski definition) is 4. The molecule has 0 aliphatic carbocycles. The fraction of sp³-hybridized carbons (Fsp3) is 0.444. The monoisotopic (exact) mass is 294 g/mol. The first-order valence-electron chi connectivity index (χ1n) is 4.37. The molecule has 0 radical (unpaired) electrons. The van der Waals surface area contributed by atoms with Crippen molar-refractivity contribution in [3.8, 4) is 0 Å². The van der Waals surface area contributed by atoms with Crippen LogP contribution in [0.4, 0.5) is 0 Å². The molecule has 84 valence electrons. The smallest absolute Gasteiger partial charge is 0.312 e. The van der Waals surface area contributed by atoms with Gasteiger partial charge in [0, 0.05) is 0 Å². The van der Waals surface area contributed by atoms with E-state index >= 15 is 0 Å². The summed E-state index contributed by atoms with van der Waals surface area (Å²) in [5, 5.41) is 8.68. The van der Waals surface area contributed by atoms with Crippen molar-refractivity contribution in [2.75, 3.05) is 27.2 Å². The van der Waals surface area contributed by atoms with Crippen molar-refractivity contribution in [3.63, 3.8) is 0 Å². The van der Waals surface area contributed by atoms with Crippen molar-refractivity contribution in [2.24, 2.45) is 0 Å². The third kappa shape index (κ3) is 3.64. The molecule has 1 aromatic heterocycles. The lowest BCUT2D eigenvalue weighted by Crippen LogP contribution is -2.35. The normalized spacial score (nSPS) is 11.7. The van der Waals surface area contributed by atoms with Crippen molar-refractivity contribution >= 4 is 33.0 Å². The van der Waals surface area contributed by atoms with E-state index in [0.717, 1.165) is 11.9 Å². The molecular formula is C9H13BrNO3S+. The molecule has 0 bridgehead atoms. The van der Waals surface area contributed by atoms with Crippen LogP contribution in [0, 0.1) is 0 Å². The highest BCUT2D eigenvalue weighted by molar-refractivity contribution is 9.10. The van der Waals surface area contributed by atoms with Gasteiger partial charge in [-0.15, -0.1) is 0 Å². The molecule has 0 saturated carbocycles. The van der Waals surface area contributed by atoms with E-state index in [2.05, 4.69) is 15.9 Å². The first kappa shape index (κ1) is 12.8. The molecule has 6 heteroatoms. The molecule has 0 spiro atoms. The molecular weight excluding hydrogens is 282 g/mol. The van der Waals surface area contributed by atoms with E-state index in [9.17, 15) is 4.79 Å². The van der Waals surface area contributed by atoms with Crippen LogP contribution in [-0.4, -0.2) is 41.4 Å². The van der Waals surface area contributed by atoms with Gasteiger partial charge in [-0.1, -0.05) is 0 Å². The van der Waals surface area contributed by atoms with Gasteiger partial charge in [-0.2, -0.15) is 0 Å². The summed E-state index contributed by atoms with van der Waals surface area (Å²) in [6.07, 6.45) is 1.46. The number of carbonyl (C=O) groups excluding carboxylic acids is 1. The molecule has 1 aromatic rings. The fourth-order valence-electron chi connectivity index (χ4n) is 0.992. The van der Waals surface area contributed by atoms with Gasteiger partial charge in [-0.25, -0.2) is 0 Å². The molecule has 0 amide bonds. The van der Waals surface area contributed by atoms with Gasteiger partial charge in [0.25, 0.3) is 0 Å². The van der Waals surface area contributed by atoms with Crippen LogP contribution in [0.5, 0.6) is 0 Å². The van der Waals surface area contributed by atoms with Crippen molar-refractivity contribution in [1.29, 1.82) is 0 Å². The van der Waals surface area contributed by atoms with Crippen molar-refractivity contribution in [2.45, 2.75) is 0 Å². The lowest BCUT2D eigenvalue weighted by Gasteiger charge is -2.23. The maximum Gasteiger partial charge on any atom is 0.312 e. The minimum absolute atomic E-state index is 0.0482. The zero-order valence-corrected chi connectivity index (χ0v) is 11.0. The van der Waals surface area contributed by atoms with Crippen molar-refractivity contribution in [3.05, 3.63) is 22.6 Å². The third-order valence-electron chi connectivity index (χ3n) is 1.77. The molecule has 0 saturated heterocycles. The molecule has 0 unspecified atom stereocenters. The van der Waals surface area contributed by atoms with E-state index in [0.29, 0.717) is 20.7 Å². The number of aliphatic hydroxyl groups excluding tert-OH is 1. The average Bonchev–Trinajstić information content (AvgIpc) is 2.50. The Morgan fingerprint density at radius 3 is 2.80 bits per heavy atom. The zero-order valence-electron chi connectivity index (χ0n) is 8.57. The van der Waals surface area contributed by atoms with Gasteiger partial charge in [0.05, 0.1) is 31.4 Å². The molecule has 0 atom stereocenters. The predicted molar refractivity (Wildman–Crippen MR) is 62.4 cm³/mol. The number of halogens is 1. The van der Waals surface area contributed by atoms with Gasteiger partial charge in [-0.3, -0.25) is 8.68 Å². The van der Waals surface area contributed by atoms with Crippen LogP contribution in [0.2, 0.25) is 0 Å². The van der Waals surface area contributed by atoms with E-state index in [-0.39, 0.29) is 11.7 Å². The maximum atomic E-state index is 11.8. The Bertz CT molecular complexity index is 351. The van der Waals surface area contributed by atoms with E-state index in [1.165, 1.54) is 6.26 Å². The lowest BCUT2D eigenvalue weighted by molar-refractivity contribution is -0.750. The molecule has 0 fully saturated rings. The Morgan fingerprint density at radius 1 is 1.67 bits per heavy atom. The maximum absolute atomic E-state index is 11.8. The summed E-state index contributed by atoms with van der Waals surface area (Å²) in [6, 6.07) is 1.68. The van der Waals surface area contributed by atoms with Crippen LogP contribution in [0.15, 0.2) is 21.2 Å². The van der Waals surface area contributed by atoms with Gasteiger partial charge in [0.15, 0.2) is 17.7 Å². The predicted octanol–water partition coefficient (Wildman–Crippen LogP) is 1.90. The first-order valence-corrected chi connectivity index (χ1v) is 5.93. The molecule has 1 heterocycles. The number of rotatable bonds is 4. The second-order valence-electron chi connectivity index (χ2n) is 3.50. The molecule has 0 aliphatic heterocycles. The standard InChI is InChI=1S/C9H13BrNO3S/c1-11(2,4-5-12)15-9(13)8-7(10)3-6-14-8/h3,6,12H,4-5H2,1-2H3/q+1. The van der Waals surface area contributed by atoms with Gasteiger partial charge < -0.3 is 9.52 Å². The van der Waals surface area contributed by atoms with Crippen molar-refractivity contribution in [1.82, 2.24) is 0 Å². The number of aliphatic hydroxyl groups is 1. The minimum Gasteiger partial charge on any atom is -0.459 e. The van der Waals surface area contributed by atoms with Crippen molar-refractivity contribution < 1.29 is 18.2 Å². The summed E-state index contributed by atoms with van der Waals surface area (Å²) < 4.78 is 6.08. The first-order chi connectivity index (χ1) is 6.96. The highest BCUT2D eigenvalue weighted by Crippen LogP contribution is 2.26. The van der Waals surface area contributed by atoms with Crippen LogP contribution in [-0.2, 0) is 0 Å². The summed E-state index contributed by atoms with van der Waals surface area (Å²) in [5.74, 6) is 0.309. The quantitative estimate of drug-likeness (QED) is 0.681. The van der Waals surface area contributed by atoms with Crippen LogP contribution >= 0.6 is 27.9 Å². The second-order valence-corrected chi connectivity index (χ2v) is 5.89. The van der Waals surface area contributed by atoms with Gasteiger partial charge in [-0.05, 0) is 22.0 Å². The summed E-state index contributed by atoms with van der Waals surface area (Å²) in [4.78, 5) is 11.8. The molecule has 15 heavy (non-hydrogen) atoms. The number of quaternary nitrogens is 1. The average molecular weight is 295 g/mol. The summed E-state index contributed by atoms with van der Waals surface area (Å²) >= 11 is 4.34. The van der Waals surface area contributed by atoms with E-state index < -0.39 is 0 Å². The van der Waals surface area contributed by atoms with Crippen LogP contribution in [0.25, 0.3) is 0 Å². The largest absolute Gasteiger partial charge is 0.459 e. The minimum atomic E-state index is -0.148. The SMILES string of the molecule is C[N+](C)(CCO)SC(=O)c1occc1Br. The number of hydrogen-bond donors (Lipinski definition) is 1. The number of likely N-dealkylation sites (N-methyl/N-ethyl adjacent to an activating group) is 1. The zero-order chi connectivity index (χ0) is 11.5. The van der Waals surface area contributed by atoms with Crippen LogP contribution in [0.1, 0.15) is 10.6 Å². The Balaban J connectivity index is 2.68. The third-order valence-corrected chi connectivity index (χ3v) is 3.42. The summed E-state index contributed by atoms with van der Waals surface area (Å²) in [6.45, 7) is 0.557. The highest BCUT2D eigenvalue weighted by Gasteiger charge is 2.26. The number of furan rings is 1. The van der Waals surface area contributed by atoms with E-state index in [4.69, 9.17) is 9.52 Å².